The summed E-state index contributed by atoms with van der Waals surface area (Å²) in [7, 11) is 0. The molecule has 0 aliphatic heterocycles. The highest BCUT2D eigenvalue weighted by molar-refractivity contribution is 5.90. The number of carbonyl (C=O) groups is 2. The Balaban J connectivity index is 1.74. The highest BCUT2D eigenvalue weighted by Crippen LogP contribution is 2.16. The quantitative estimate of drug-likeness (QED) is 0.680. The fourth-order valence-electron chi connectivity index (χ4n) is 2.40. The molecule has 0 aliphatic carbocycles. The minimum absolute atomic E-state index is 0.0309. The molecule has 0 atom stereocenters. The Kier molecular flexibility index (Phi) is 7.01. The van der Waals surface area contributed by atoms with Crippen LogP contribution in [0.15, 0.2) is 48.5 Å². The van der Waals surface area contributed by atoms with Crippen molar-refractivity contribution in [1.29, 1.82) is 0 Å². The predicted molar refractivity (Wildman–Crippen MR) is 96.9 cm³/mol. The first kappa shape index (κ1) is 18.5. The van der Waals surface area contributed by atoms with Crippen LogP contribution in [-0.2, 0) is 16.0 Å². The molecule has 0 fully saturated rings. The van der Waals surface area contributed by atoms with Crippen LogP contribution in [0.4, 0.5) is 5.69 Å². The van der Waals surface area contributed by atoms with Gasteiger partial charge in [-0.05, 0) is 49.6 Å². The van der Waals surface area contributed by atoms with Crippen molar-refractivity contribution in [2.45, 2.75) is 32.6 Å². The van der Waals surface area contributed by atoms with Gasteiger partial charge in [-0.3, -0.25) is 9.59 Å². The van der Waals surface area contributed by atoms with E-state index in [1.54, 1.807) is 24.3 Å². The molecule has 2 N–H and O–H groups in total. The van der Waals surface area contributed by atoms with Gasteiger partial charge in [0.1, 0.15) is 5.75 Å². The minimum atomic E-state index is -0.827. The number of aryl methyl sites for hydroxylation is 2. The number of hydrogen-bond acceptors (Lipinski definition) is 3. The zero-order valence-electron chi connectivity index (χ0n) is 14.3. The van der Waals surface area contributed by atoms with Gasteiger partial charge >= 0.3 is 5.97 Å². The van der Waals surface area contributed by atoms with Crippen LogP contribution in [0.2, 0.25) is 0 Å². The van der Waals surface area contributed by atoms with Crippen molar-refractivity contribution in [3.8, 4) is 5.75 Å². The molecule has 2 aromatic carbocycles. The lowest BCUT2D eigenvalue weighted by Crippen LogP contribution is -2.12. The van der Waals surface area contributed by atoms with E-state index in [1.807, 2.05) is 25.1 Å². The largest absolute Gasteiger partial charge is 0.494 e. The summed E-state index contributed by atoms with van der Waals surface area (Å²) in [6.45, 7) is 2.39. The molecule has 5 nitrogen and oxygen atoms in total. The zero-order chi connectivity index (χ0) is 18.1. The first-order valence-electron chi connectivity index (χ1n) is 8.33. The maximum absolute atomic E-state index is 12.0. The van der Waals surface area contributed by atoms with Gasteiger partial charge in [-0.1, -0.05) is 29.8 Å². The molecule has 0 saturated heterocycles. The molecule has 0 spiro atoms. The number of carboxylic acids is 1. The van der Waals surface area contributed by atoms with Crippen molar-refractivity contribution in [1.82, 2.24) is 0 Å². The Bertz CT molecular complexity index is 710. The van der Waals surface area contributed by atoms with Gasteiger partial charge in [-0.15, -0.1) is 0 Å². The smallest absolute Gasteiger partial charge is 0.303 e. The van der Waals surface area contributed by atoms with E-state index in [0.717, 1.165) is 5.56 Å². The summed E-state index contributed by atoms with van der Waals surface area (Å²) in [5.41, 5.74) is 3.06. The fraction of sp³-hybridized carbons (Fsp3) is 0.300. The average Bonchev–Trinajstić information content (AvgIpc) is 2.58. The number of carbonyl (C=O) groups excluding carboxylic acids is 1. The number of hydrogen-bond donors (Lipinski definition) is 2. The second kappa shape index (κ2) is 9.47. The van der Waals surface area contributed by atoms with E-state index in [2.05, 4.69) is 11.4 Å². The van der Waals surface area contributed by atoms with Crippen LogP contribution in [0.3, 0.4) is 0 Å². The van der Waals surface area contributed by atoms with Gasteiger partial charge in [0.05, 0.1) is 6.61 Å². The van der Waals surface area contributed by atoms with Gasteiger partial charge in [-0.2, -0.15) is 0 Å². The maximum atomic E-state index is 12.0. The molecule has 132 valence electrons. The molecule has 0 heterocycles. The number of ether oxygens (including phenoxy) is 1. The lowest BCUT2D eigenvalue weighted by molar-refractivity contribution is -0.137. The topological polar surface area (TPSA) is 75.6 Å². The molecule has 5 heteroatoms. The fourth-order valence-corrected chi connectivity index (χ4v) is 2.40. The summed E-state index contributed by atoms with van der Waals surface area (Å²) < 4.78 is 5.46. The normalized spacial score (nSPS) is 10.3. The second-order valence-electron chi connectivity index (χ2n) is 5.91. The van der Waals surface area contributed by atoms with Crippen LogP contribution < -0.4 is 10.1 Å². The zero-order valence-corrected chi connectivity index (χ0v) is 14.3. The molecule has 2 aromatic rings. The molecular weight excluding hydrogens is 318 g/mol. The van der Waals surface area contributed by atoms with Crippen LogP contribution in [-0.4, -0.2) is 23.6 Å². The van der Waals surface area contributed by atoms with E-state index < -0.39 is 5.97 Å². The van der Waals surface area contributed by atoms with Crippen LogP contribution in [0.1, 0.15) is 30.4 Å². The molecule has 0 aromatic heterocycles. The molecular formula is C20H23NO4. The average molecular weight is 341 g/mol. The van der Waals surface area contributed by atoms with Crippen LogP contribution in [0.5, 0.6) is 5.75 Å². The summed E-state index contributed by atoms with van der Waals surface area (Å²) in [5, 5.41) is 11.4. The summed E-state index contributed by atoms with van der Waals surface area (Å²) >= 11 is 0. The first-order chi connectivity index (χ1) is 12.0. The van der Waals surface area contributed by atoms with Crippen molar-refractivity contribution in [2.24, 2.45) is 0 Å². The molecule has 2 rings (SSSR count). The third-order valence-electron chi connectivity index (χ3n) is 3.67. The summed E-state index contributed by atoms with van der Waals surface area (Å²) in [6.07, 6.45) is 1.69. The molecule has 25 heavy (non-hydrogen) atoms. The standard InChI is InChI=1S/C20H23NO4/c1-15-4-2-5-16(14-15)7-12-19(22)21-17-8-10-18(11-9-17)25-13-3-6-20(23)24/h2,4-5,8-11,14H,3,6-7,12-13H2,1H3,(H,21,22)(H,23,24). The van der Waals surface area contributed by atoms with Crippen molar-refractivity contribution in [3.63, 3.8) is 0 Å². The van der Waals surface area contributed by atoms with Crippen LogP contribution in [0.25, 0.3) is 0 Å². The van der Waals surface area contributed by atoms with E-state index in [-0.39, 0.29) is 12.3 Å². The number of nitrogens with one attached hydrogen (secondary N) is 1. The Morgan fingerprint density at radius 2 is 1.84 bits per heavy atom. The maximum Gasteiger partial charge on any atom is 0.303 e. The van der Waals surface area contributed by atoms with E-state index >= 15 is 0 Å². The van der Waals surface area contributed by atoms with E-state index in [4.69, 9.17) is 9.84 Å². The monoisotopic (exact) mass is 341 g/mol. The van der Waals surface area contributed by atoms with Gasteiger partial charge in [0.15, 0.2) is 0 Å². The van der Waals surface area contributed by atoms with E-state index in [9.17, 15) is 9.59 Å². The van der Waals surface area contributed by atoms with Crippen molar-refractivity contribution < 1.29 is 19.4 Å². The van der Waals surface area contributed by atoms with Gasteiger partial charge in [-0.25, -0.2) is 0 Å². The molecule has 0 bridgehead atoms. The first-order valence-corrected chi connectivity index (χ1v) is 8.33. The third kappa shape index (κ3) is 7.08. The van der Waals surface area contributed by atoms with Gasteiger partial charge in [0.25, 0.3) is 0 Å². The van der Waals surface area contributed by atoms with Gasteiger partial charge in [0.2, 0.25) is 5.91 Å². The van der Waals surface area contributed by atoms with E-state index in [0.29, 0.717) is 37.3 Å². The summed E-state index contributed by atoms with van der Waals surface area (Å²) in [5.74, 6) is -0.202. The molecule has 0 radical (unpaired) electrons. The molecule has 0 unspecified atom stereocenters. The predicted octanol–water partition coefficient (Wildman–Crippen LogP) is 3.81. The van der Waals surface area contributed by atoms with Gasteiger partial charge < -0.3 is 15.2 Å². The Morgan fingerprint density at radius 3 is 2.52 bits per heavy atom. The molecule has 0 saturated carbocycles. The van der Waals surface area contributed by atoms with E-state index in [1.165, 1.54) is 5.56 Å². The van der Waals surface area contributed by atoms with Crippen molar-refractivity contribution in [3.05, 3.63) is 59.7 Å². The summed E-state index contributed by atoms with van der Waals surface area (Å²) in [6, 6.07) is 15.2. The molecule has 0 aliphatic rings. The SMILES string of the molecule is Cc1cccc(CCC(=O)Nc2ccc(OCCCC(=O)O)cc2)c1. The minimum Gasteiger partial charge on any atom is -0.494 e. The van der Waals surface area contributed by atoms with Gasteiger partial charge in [0, 0.05) is 18.5 Å². The highest BCUT2D eigenvalue weighted by Gasteiger charge is 2.04. The Hall–Kier alpha value is -2.82. The van der Waals surface area contributed by atoms with Crippen LogP contribution >= 0.6 is 0 Å². The lowest BCUT2D eigenvalue weighted by Gasteiger charge is -2.08. The molecule has 1 amide bonds. The number of carboxylic acid groups (broad SMARTS) is 1. The number of anilines is 1. The number of rotatable bonds is 9. The van der Waals surface area contributed by atoms with Crippen molar-refractivity contribution >= 4 is 17.6 Å². The Labute approximate surface area is 147 Å². The second-order valence-corrected chi connectivity index (χ2v) is 5.91. The van der Waals surface area contributed by atoms with Crippen molar-refractivity contribution in [2.75, 3.05) is 11.9 Å². The number of benzene rings is 2. The number of aliphatic carboxylic acids is 1. The number of amides is 1. The lowest BCUT2D eigenvalue weighted by atomic mass is 10.1. The van der Waals surface area contributed by atoms with Crippen LogP contribution in [0, 0.1) is 6.92 Å². The third-order valence-corrected chi connectivity index (χ3v) is 3.67. The Morgan fingerprint density at radius 1 is 1.08 bits per heavy atom. The highest BCUT2D eigenvalue weighted by atomic mass is 16.5. The summed E-state index contributed by atoms with van der Waals surface area (Å²) in [4.78, 5) is 22.5.